The molecule has 1 unspecified atom stereocenters. The zero-order valence-electron chi connectivity index (χ0n) is 18.2. The van der Waals surface area contributed by atoms with Crippen LogP contribution >= 0.6 is 0 Å². The van der Waals surface area contributed by atoms with Crippen molar-refractivity contribution in [3.05, 3.63) is 65.8 Å². The van der Waals surface area contributed by atoms with E-state index in [1.807, 2.05) is 6.07 Å². The first-order valence-electron chi connectivity index (χ1n) is 10.5. The lowest BCUT2D eigenvalue weighted by Crippen LogP contribution is -2.51. The number of rotatable bonds is 7. The Hall–Kier alpha value is -3.25. The molecule has 2 heterocycles. The molecule has 34 heavy (non-hydrogen) atoms. The maximum atomic E-state index is 15.0. The van der Waals surface area contributed by atoms with Crippen LogP contribution in [0.15, 0.2) is 52.9 Å². The van der Waals surface area contributed by atoms with Crippen molar-refractivity contribution in [1.29, 1.82) is 0 Å². The summed E-state index contributed by atoms with van der Waals surface area (Å²) in [4.78, 5) is 13.3. The number of halogens is 3. The molecule has 0 saturated carbocycles. The van der Waals surface area contributed by atoms with Crippen molar-refractivity contribution in [3.8, 4) is 11.5 Å². The van der Waals surface area contributed by atoms with Crippen molar-refractivity contribution < 1.29 is 26.6 Å². The summed E-state index contributed by atoms with van der Waals surface area (Å²) in [6.45, 7) is 3.23. The quantitative estimate of drug-likeness (QED) is 0.503. The lowest BCUT2D eigenvalue weighted by Gasteiger charge is -2.36. The van der Waals surface area contributed by atoms with Crippen LogP contribution in [0.4, 0.5) is 18.9 Å². The molecule has 1 amide bonds. The van der Waals surface area contributed by atoms with E-state index in [1.165, 1.54) is 19.1 Å². The molecule has 1 fully saturated rings. The van der Waals surface area contributed by atoms with Crippen molar-refractivity contribution in [2.75, 3.05) is 30.5 Å². The molecule has 3 aromatic rings. The van der Waals surface area contributed by atoms with Crippen LogP contribution < -0.4 is 4.31 Å². The highest BCUT2D eigenvalue weighted by Crippen LogP contribution is 2.27. The standard InChI is InChI=1S/C22H22F3N5O3S/c1-15(31)28-9-11-29(12-10-28)34(32)30(18-5-3-2-4-6-18)14-17-8-7-16(13-19(17)23)21-26-27-22(33-21)20(24)25/h2-8,13,20H,9-12,14H2,1H3. The van der Waals surface area contributed by atoms with Crippen molar-refractivity contribution >= 4 is 22.8 Å². The Labute approximate surface area is 196 Å². The molecule has 1 aliphatic rings. The van der Waals surface area contributed by atoms with Gasteiger partial charge in [-0.3, -0.25) is 9.10 Å². The second-order valence-corrected chi connectivity index (χ2v) is 9.01. The maximum Gasteiger partial charge on any atom is 0.314 e. The van der Waals surface area contributed by atoms with E-state index in [1.54, 1.807) is 37.8 Å². The van der Waals surface area contributed by atoms with Gasteiger partial charge in [0.1, 0.15) is 5.82 Å². The number of para-hydroxylation sites is 1. The van der Waals surface area contributed by atoms with Crippen LogP contribution in [0.3, 0.4) is 0 Å². The van der Waals surface area contributed by atoms with Gasteiger partial charge in [0.25, 0.3) is 5.89 Å². The first kappa shape index (κ1) is 23.9. The topological polar surface area (TPSA) is 82.8 Å². The zero-order valence-corrected chi connectivity index (χ0v) is 19.1. The molecular weight excluding hydrogens is 471 g/mol. The minimum Gasteiger partial charge on any atom is -0.415 e. The summed E-state index contributed by atoms with van der Waals surface area (Å²) in [5.74, 6) is -1.72. The van der Waals surface area contributed by atoms with Crippen LogP contribution in [-0.4, -0.2) is 55.7 Å². The van der Waals surface area contributed by atoms with Gasteiger partial charge in [-0.25, -0.2) is 12.9 Å². The fourth-order valence-electron chi connectivity index (χ4n) is 3.53. The van der Waals surface area contributed by atoms with Gasteiger partial charge in [0.15, 0.2) is 11.2 Å². The van der Waals surface area contributed by atoms with E-state index < -0.39 is 29.3 Å². The summed E-state index contributed by atoms with van der Waals surface area (Å²) < 4.78 is 62.1. The van der Waals surface area contributed by atoms with E-state index in [2.05, 4.69) is 10.2 Å². The molecule has 1 aliphatic heterocycles. The summed E-state index contributed by atoms with van der Waals surface area (Å²) in [6.07, 6.45) is -2.92. The van der Waals surface area contributed by atoms with Crippen LogP contribution in [0.25, 0.3) is 11.5 Å². The van der Waals surface area contributed by atoms with Crippen molar-refractivity contribution in [2.24, 2.45) is 0 Å². The van der Waals surface area contributed by atoms with E-state index in [0.717, 1.165) is 6.07 Å². The van der Waals surface area contributed by atoms with E-state index in [0.29, 0.717) is 31.9 Å². The minimum absolute atomic E-state index is 0.0121. The Morgan fingerprint density at radius 1 is 1.12 bits per heavy atom. The molecule has 0 N–H and O–H groups in total. The van der Waals surface area contributed by atoms with Gasteiger partial charge in [-0.1, -0.05) is 24.3 Å². The number of carbonyl (C=O) groups is 1. The third-order valence-corrected chi connectivity index (χ3v) is 6.90. The SMILES string of the molecule is CC(=O)N1CCN(S(=O)N(Cc2ccc(-c3nnc(C(F)F)o3)cc2F)c2ccccc2)CC1. The van der Waals surface area contributed by atoms with Crippen LogP contribution in [0.2, 0.25) is 0 Å². The molecule has 1 saturated heterocycles. The highest BCUT2D eigenvalue weighted by molar-refractivity contribution is 7.84. The predicted octanol–water partition coefficient (Wildman–Crippen LogP) is 3.56. The van der Waals surface area contributed by atoms with Crippen LogP contribution in [-0.2, 0) is 22.5 Å². The van der Waals surface area contributed by atoms with E-state index in [4.69, 9.17) is 4.42 Å². The van der Waals surface area contributed by atoms with Crippen molar-refractivity contribution in [2.45, 2.75) is 19.9 Å². The number of amides is 1. The van der Waals surface area contributed by atoms with Gasteiger partial charge < -0.3 is 9.32 Å². The Bertz CT molecular complexity index is 1170. The molecule has 0 spiro atoms. The maximum absolute atomic E-state index is 15.0. The predicted molar refractivity (Wildman–Crippen MR) is 119 cm³/mol. The number of benzene rings is 2. The molecule has 0 aliphatic carbocycles. The summed E-state index contributed by atoms with van der Waals surface area (Å²) >= 11 is -1.64. The first-order valence-corrected chi connectivity index (χ1v) is 11.5. The largest absolute Gasteiger partial charge is 0.415 e. The fourth-order valence-corrected chi connectivity index (χ4v) is 4.84. The smallest absolute Gasteiger partial charge is 0.314 e. The summed E-state index contributed by atoms with van der Waals surface area (Å²) in [5, 5.41) is 6.79. The van der Waals surface area contributed by atoms with Gasteiger partial charge in [-0.05, 0) is 24.3 Å². The third-order valence-electron chi connectivity index (χ3n) is 5.38. The number of carbonyl (C=O) groups excluding carboxylic acids is 1. The van der Waals surface area contributed by atoms with Crippen LogP contribution in [0, 0.1) is 5.82 Å². The molecule has 0 bridgehead atoms. The normalized spacial score (nSPS) is 15.5. The second-order valence-electron chi connectivity index (χ2n) is 7.59. The number of hydrogen-bond acceptors (Lipinski definition) is 5. The van der Waals surface area contributed by atoms with Gasteiger partial charge in [0.05, 0.1) is 12.2 Å². The molecule has 1 aromatic heterocycles. The van der Waals surface area contributed by atoms with Gasteiger partial charge in [-0.2, -0.15) is 8.78 Å². The van der Waals surface area contributed by atoms with E-state index in [-0.39, 0.29) is 29.5 Å². The van der Waals surface area contributed by atoms with Crippen molar-refractivity contribution in [3.63, 3.8) is 0 Å². The van der Waals surface area contributed by atoms with E-state index >= 15 is 4.39 Å². The summed E-state index contributed by atoms with van der Waals surface area (Å²) in [6, 6.07) is 13.0. The summed E-state index contributed by atoms with van der Waals surface area (Å²) in [5.41, 5.74) is 1.04. The van der Waals surface area contributed by atoms with Gasteiger partial charge >= 0.3 is 6.43 Å². The van der Waals surface area contributed by atoms with Crippen LogP contribution in [0.5, 0.6) is 0 Å². The Morgan fingerprint density at radius 3 is 2.41 bits per heavy atom. The summed E-state index contributed by atoms with van der Waals surface area (Å²) in [7, 11) is 0. The average Bonchev–Trinajstić information content (AvgIpc) is 3.34. The molecule has 180 valence electrons. The highest BCUT2D eigenvalue weighted by atomic mass is 32.2. The molecule has 1 atom stereocenters. The lowest BCUT2D eigenvalue weighted by atomic mass is 10.1. The average molecular weight is 494 g/mol. The molecule has 12 heteroatoms. The minimum atomic E-state index is -2.92. The van der Waals surface area contributed by atoms with Crippen LogP contribution in [0.1, 0.15) is 24.8 Å². The highest BCUT2D eigenvalue weighted by Gasteiger charge is 2.27. The van der Waals surface area contributed by atoms with Gasteiger partial charge in [-0.15, -0.1) is 10.2 Å². The number of alkyl halides is 2. The monoisotopic (exact) mass is 493 g/mol. The lowest BCUT2D eigenvalue weighted by molar-refractivity contribution is -0.129. The molecule has 2 aromatic carbocycles. The van der Waals surface area contributed by atoms with Gasteiger partial charge in [0, 0.05) is 44.2 Å². The number of piperazine rings is 1. The van der Waals surface area contributed by atoms with E-state index in [9.17, 15) is 17.8 Å². The molecular formula is C22H22F3N5O3S. The Kier molecular flexibility index (Phi) is 7.27. The Morgan fingerprint density at radius 2 is 1.82 bits per heavy atom. The number of anilines is 1. The fraction of sp³-hybridized carbons (Fsp3) is 0.318. The number of hydrogen-bond donors (Lipinski definition) is 0. The molecule has 8 nitrogen and oxygen atoms in total. The Balaban J connectivity index is 1.56. The van der Waals surface area contributed by atoms with Crippen molar-refractivity contribution in [1.82, 2.24) is 19.4 Å². The number of aromatic nitrogens is 2. The number of nitrogens with zero attached hydrogens (tertiary/aromatic N) is 5. The van der Waals surface area contributed by atoms with Gasteiger partial charge in [0.2, 0.25) is 11.8 Å². The third kappa shape index (κ3) is 5.28. The first-order chi connectivity index (χ1) is 16.3. The molecule has 4 rings (SSSR count). The molecule has 0 radical (unpaired) electrons. The zero-order chi connectivity index (χ0) is 24.2. The second kappa shape index (κ2) is 10.3.